The summed E-state index contributed by atoms with van der Waals surface area (Å²) in [4.78, 5) is 19.6. The van der Waals surface area contributed by atoms with Crippen LogP contribution in [-0.2, 0) is 6.42 Å². The van der Waals surface area contributed by atoms with Crippen LogP contribution in [0.1, 0.15) is 34.7 Å². The van der Waals surface area contributed by atoms with E-state index in [9.17, 15) is 9.18 Å². The summed E-state index contributed by atoms with van der Waals surface area (Å²) in [6, 6.07) is 28.9. The normalized spacial score (nSPS) is 16.9. The molecule has 0 unspecified atom stereocenters. The third-order valence-corrected chi connectivity index (χ3v) is 8.15. The van der Waals surface area contributed by atoms with Crippen molar-refractivity contribution in [3.05, 3.63) is 144 Å². The Morgan fingerprint density at radius 2 is 1.67 bits per heavy atom. The van der Waals surface area contributed by atoms with Crippen molar-refractivity contribution in [3.8, 4) is 0 Å². The summed E-state index contributed by atoms with van der Waals surface area (Å²) >= 11 is 1.42. The second-order valence-electron chi connectivity index (χ2n) is 9.23. The van der Waals surface area contributed by atoms with Gasteiger partial charge in [0.05, 0.1) is 16.3 Å². The Kier molecular flexibility index (Phi) is 4.86. The summed E-state index contributed by atoms with van der Waals surface area (Å²) in [5.41, 5.74) is 6.30. The van der Waals surface area contributed by atoms with Crippen LogP contribution in [0.25, 0.3) is 22.5 Å². The minimum Gasteiger partial charge on any atom is -0.272 e. The van der Waals surface area contributed by atoms with E-state index in [1.54, 1.807) is 12.1 Å². The molecule has 5 aromatic rings. The van der Waals surface area contributed by atoms with Crippen molar-refractivity contribution in [2.75, 3.05) is 0 Å². The van der Waals surface area contributed by atoms with Crippen molar-refractivity contribution in [2.45, 2.75) is 18.9 Å². The molecule has 1 atom stereocenters. The lowest BCUT2D eigenvalue weighted by Gasteiger charge is -2.30. The molecule has 3 nitrogen and oxygen atoms in total. The number of halogens is 1. The number of thiazole rings is 1. The molecule has 2 heterocycles. The van der Waals surface area contributed by atoms with Crippen LogP contribution in [0.2, 0.25) is 0 Å². The summed E-state index contributed by atoms with van der Waals surface area (Å²) in [5.74, 6) is -0.287. The van der Waals surface area contributed by atoms with E-state index >= 15 is 0 Å². The van der Waals surface area contributed by atoms with Crippen LogP contribution in [0.3, 0.4) is 0 Å². The molecular formula is C31H21FN2OS. The third-order valence-electron chi connectivity index (χ3n) is 7.17. The van der Waals surface area contributed by atoms with Gasteiger partial charge in [0.1, 0.15) is 5.82 Å². The van der Waals surface area contributed by atoms with Gasteiger partial charge in [-0.05, 0) is 64.1 Å². The fourth-order valence-electron chi connectivity index (χ4n) is 5.49. The molecule has 0 saturated heterocycles. The molecule has 0 radical (unpaired) electrons. The molecule has 0 fully saturated rings. The number of aromatic nitrogens is 1. The molecule has 0 saturated carbocycles. The second kappa shape index (κ2) is 8.25. The maximum atomic E-state index is 13.9. The highest BCUT2D eigenvalue weighted by molar-refractivity contribution is 7.07. The van der Waals surface area contributed by atoms with E-state index in [1.807, 2.05) is 41.0 Å². The quantitative estimate of drug-likeness (QED) is 0.318. The summed E-state index contributed by atoms with van der Waals surface area (Å²) in [6.45, 7) is 0. The third kappa shape index (κ3) is 3.31. The topological polar surface area (TPSA) is 34.4 Å². The zero-order valence-electron chi connectivity index (χ0n) is 19.3. The van der Waals surface area contributed by atoms with Crippen LogP contribution in [0.5, 0.6) is 0 Å². The average Bonchev–Trinajstić information content (AvgIpc) is 3.22. The highest BCUT2D eigenvalue weighted by atomic mass is 32.1. The lowest BCUT2D eigenvalue weighted by molar-refractivity contribution is 0.581. The predicted molar refractivity (Wildman–Crippen MR) is 143 cm³/mol. The fourth-order valence-corrected chi connectivity index (χ4v) is 6.48. The van der Waals surface area contributed by atoms with E-state index in [0.29, 0.717) is 9.33 Å². The van der Waals surface area contributed by atoms with Crippen LogP contribution in [0.15, 0.2) is 106 Å². The van der Waals surface area contributed by atoms with Gasteiger partial charge in [-0.2, -0.15) is 0 Å². The lowest BCUT2D eigenvalue weighted by atomic mass is 9.83. The molecule has 5 heteroatoms. The molecule has 1 aliphatic heterocycles. The molecule has 7 rings (SSSR count). The molecule has 36 heavy (non-hydrogen) atoms. The predicted octanol–water partition coefficient (Wildman–Crippen LogP) is 5.61. The lowest BCUT2D eigenvalue weighted by Crippen LogP contribution is -2.38. The Labute approximate surface area is 210 Å². The van der Waals surface area contributed by atoms with Crippen LogP contribution in [0.4, 0.5) is 4.39 Å². The van der Waals surface area contributed by atoms with Gasteiger partial charge < -0.3 is 0 Å². The number of nitrogens with zero attached hydrogens (tertiary/aromatic N) is 2. The molecular weight excluding hydrogens is 467 g/mol. The van der Waals surface area contributed by atoms with Crippen molar-refractivity contribution in [1.29, 1.82) is 0 Å². The van der Waals surface area contributed by atoms with Crippen molar-refractivity contribution in [3.63, 3.8) is 0 Å². The Morgan fingerprint density at radius 3 is 2.56 bits per heavy atom. The number of rotatable bonds is 2. The zero-order chi connectivity index (χ0) is 24.2. The van der Waals surface area contributed by atoms with Gasteiger partial charge in [0.25, 0.3) is 5.56 Å². The first-order valence-electron chi connectivity index (χ1n) is 12.0. The maximum absolute atomic E-state index is 13.9. The van der Waals surface area contributed by atoms with E-state index in [4.69, 9.17) is 4.99 Å². The number of hydrogen-bond donors (Lipinski definition) is 0. The minimum absolute atomic E-state index is 0.0635. The van der Waals surface area contributed by atoms with E-state index < -0.39 is 0 Å². The van der Waals surface area contributed by atoms with E-state index in [1.165, 1.54) is 29.0 Å². The summed E-state index contributed by atoms with van der Waals surface area (Å²) < 4.78 is 16.3. The molecule has 2 aliphatic rings. The number of allylic oxidation sites excluding steroid dienone is 1. The van der Waals surface area contributed by atoms with Crippen molar-refractivity contribution >= 4 is 33.9 Å². The van der Waals surface area contributed by atoms with Gasteiger partial charge in [-0.3, -0.25) is 9.36 Å². The molecule has 1 aromatic heterocycles. The Morgan fingerprint density at radius 1 is 0.889 bits per heavy atom. The standard InChI is InChI=1S/C31H21FN2OS/c32-23-15-12-21(13-16-23)29-26-17-14-20-7-2-4-11-25(20)28(26)33-31-34(29)30(35)27(36-31)18-22-9-5-8-19-6-1-3-10-24(19)22/h1-13,15-16,18,29H,14,17H2/b27-18-/t29-/m0/s1. The largest absolute Gasteiger partial charge is 0.272 e. The molecule has 0 bridgehead atoms. The Hall–Kier alpha value is -4.09. The van der Waals surface area contributed by atoms with Gasteiger partial charge in [0, 0.05) is 5.56 Å². The van der Waals surface area contributed by atoms with Crippen molar-refractivity contribution in [1.82, 2.24) is 4.57 Å². The van der Waals surface area contributed by atoms with Crippen LogP contribution in [-0.4, -0.2) is 4.57 Å². The number of fused-ring (bicyclic) bond motifs is 4. The van der Waals surface area contributed by atoms with Gasteiger partial charge in [0.15, 0.2) is 4.80 Å². The van der Waals surface area contributed by atoms with E-state index in [2.05, 4.69) is 36.4 Å². The first kappa shape index (κ1) is 21.2. The maximum Gasteiger partial charge on any atom is 0.271 e. The Balaban J connectivity index is 1.50. The zero-order valence-corrected chi connectivity index (χ0v) is 20.1. The molecule has 0 amide bonds. The van der Waals surface area contributed by atoms with E-state index in [0.717, 1.165) is 51.6 Å². The number of benzene rings is 4. The molecule has 1 aliphatic carbocycles. The van der Waals surface area contributed by atoms with Crippen LogP contribution in [0, 0.1) is 5.82 Å². The molecule has 0 spiro atoms. The van der Waals surface area contributed by atoms with Crippen LogP contribution < -0.4 is 14.9 Å². The van der Waals surface area contributed by atoms with Crippen molar-refractivity contribution < 1.29 is 4.39 Å². The minimum atomic E-state index is -0.306. The molecule has 4 aromatic carbocycles. The highest BCUT2D eigenvalue weighted by Crippen LogP contribution is 2.41. The fraction of sp³-hybridized carbons (Fsp3) is 0.0968. The van der Waals surface area contributed by atoms with Gasteiger partial charge in [0.2, 0.25) is 0 Å². The van der Waals surface area contributed by atoms with Crippen LogP contribution >= 0.6 is 11.3 Å². The summed E-state index contributed by atoms with van der Waals surface area (Å²) in [6.07, 6.45) is 3.68. The smallest absolute Gasteiger partial charge is 0.271 e. The molecule has 0 N–H and O–H groups in total. The Bertz CT molecular complexity index is 1870. The molecule has 174 valence electrons. The van der Waals surface area contributed by atoms with Gasteiger partial charge >= 0.3 is 0 Å². The first-order chi connectivity index (χ1) is 17.7. The monoisotopic (exact) mass is 488 g/mol. The van der Waals surface area contributed by atoms with Gasteiger partial charge in [-0.25, -0.2) is 9.38 Å². The van der Waals surface area contributed by atoms with Gasteiger partial charge in [-0.1, -0.05) is 90.2 Å². The highest BCUT2D eigenvalue weighted by Gasteiger charge is 2.32. The van der Waals surface area contributed by atoms with E-state index in [-0.39, 0.29) is 17.4 Å². The number of aryl methyl sites for hydroxylation is 1. The second-order valence-corrected chi connectivity index (χ2v) is 10.2. The van der Waals surface area contributed by atoms with Gasteiger partial charge in [-0.15, -0.1) is 0 Å². The summed E-state index contributed by atoms with van der Waals surface area (Å²) in [5, 5.41) is 2.24. The van der Waals surface area contributed by atoms with Crippen molar-refractivity contribution in [2.24, 2.45) is 4.99 Å². The average molecular weight is 489 g/mol. The SMILES string of the molecule is O=c1/c(=C/c2cccc3ccccc23)sc2n1[C@@H](c1ccc(F)cc1)C1=C(N=2)c2ccccc2CC1. The first-order valence-corrected chi connectivity index (χ1v) is 12.9. The summed E-state index contributed by atoms with van der Waals surface area (Å²) in [7, 11) is 0. The number of hydrogen-bond acceptors (Lipinski definition) is 3.